The van der Waals surface area contributed by atoms with Crippen molar-refractivity contribution >= 4 is 17.9 Å². The lowest BCUT2D eigenvalue weighted by Crippen LogP contribution is -2.52. The van der Waals surface area contributed by atoms with Gasteiger partial charge in [-0.1, -0.05) is 50.1 Å². The molecule has 0 bridgehead atoms. The summed E-state index contributed by atoms with van der Waals surface area (Å²) < 4.78 is 5.39. The first-order valence-electron chi connectivity index (χ1n) is 12.8. The number of phenols is 1. The molecule has 2 aromatic rings. The number of terminal acetylenes is 1. The molecule has 204 valence electrons. The molecule has 38 heavy (non-hydrogen) atoms. The van der Waals surface area contributed by atoms with Crippen LogP contribution >= 0.6 is 0 Å². The highest BCUT2D eigenvalue weighted by atomic mass is 16.6. The van der Waals surface area contributed by atoms with Gasteiger partial charge in [-0.2, -0.15) is 0 Å². The zero-order chi connectivity index (χ0) is 28.5. The molecule has 0 spiro atoms. The molecular formula is C30H39N3O5. The van der Waals surface area contributed by atoms with Crippen LogP contribution in [0.4, 0.5) is 4.79 Å². The molecule has 0 radical (unpaired) electrons. The molecule has 2 atom stereocenters. The summed E-state index contributed by atoms with van der Waals surface area (Å²) in [6, 6.07) is 11.9. The van der Waals surface area contributed by atoms with Gasteiger partial charge in [0, 0.05) is 19.0 Å². The van der Waals surface area contributed by atoms with E-state index in [-0.39, 0.29) is 12.2 Å². The molecule has 0 aliphatic heterocycles. The minimum absolute atomic E-state index is 0.0630. The fraction of sp³-hybridized carbons (Fsp3) is 0.433. The van der Waals surface area contributed by atoms with Gasteiger partial charge in [0.1, 0.15) is 23.4 Å². The van der Waals surface area contributed by atoms with Crippen molar-refractivity contribution < 1.29 is 24.2 Å². The number of hydrogen-bond donors (Lipinski definition) is 3. The first-order valence-corrected chi connectivity index (χ1v) is 12.8. The van der Waals surface area contributed by atoms with E-state index in [9.17, 15) is 19.5 Å². The number of aryl methyl sites for hydroxylation is 1. The standard InChI is InChI=1S/C30H39N3O5/c1-8-10-18-31-27(35)26(24-13-11-12-20(3)21(24)4)33(9-2)28(36)25(32-29(37)38-30(5,6)7)19-22-14-16-23(34)17-15-22/h2,11-17,25-26,34H,8,10,18-19H2,1,3-7H3,(H,31,35)(H,32,37). The Morgan fingerprint density at radius 1 is 1.11 bits per heavy atom. The third kappa shape index (κ3) is 8.55. The summed E-state index contributed by atoms with van der Waals surface area (Å²) in [6.45, 7) is 11.4. The topological polar surface area (TPSA) is 108 Å². The van der Waals surface area contributed by atoms with Crippen LogP contribution in [0.5, 0.6) is 5.75 Å². The maximum atomic E-state index is 14.0. The van der Waals surface area contributed by atoms with E-state index in [2.05, 4.69) is 16.7 Å². The SMILES string of the molecule is C#CN(C(=O)C(Cc1ccc(O)cc1)NC(=O)OC(C)(C)C)C(C(=O)NCCCC)c1cccc(C)c1C. The molecule has 0 saturated carbocycles. The third-order valence-corrected chi connectivity index (χ3v) is 6.02. The van der Waals surface area contributed by atoms with E-state index >= 15 is 0 Å². The van der Waals surface area contributed by atoms with E-state index < -0.39 is 35.6 Å². The number of amides is 3. The summed E-state index contributed by atoms with van der Waals surface area (Å²) in [5.41, 5.74) is 2.27. The van der Waals surface area contributed by atoms with E-state index in [1.54, 1.807) is 39.0 Å². The number of rotatable bonds is 10. The first-order chi connectivity index (χ1) is 17.9. The van der Waals surface area contributed by atoms with Crippen molar-refractivity contribution in [3.8, 4) is 18.2 Å². The van der Waals surface area contributed by atoms with Crippen molar-refractivity contribution in [1.29, 1.82) is 0 Å². The van der Waals surface area contributed by atoms with Crippen LogP contribution in [0.1, 0.15) is 68.8 Å². The Morgan fingerprint density at radius 2 is 1.76 bits per heavy atom. The number of unbranched alkanes of at least 4 members (excludes halogenated alkanes) is 1. The molecule has 2 rings (SSSR count). The molecule has 0 fully saturated rings. The Labute approximate surface area is 225 Å². The Hall–Kier alpha value is -3.99. The summed E-state index contributed by atoms with van der Waals surface area (Å²) >= 11 is 0. The Kier molecular flexibility index (Phi) is 10.8. The molecule has 8 nitrogen and oxygen atoms in total. The van der Waals surface area contributed by atoms with Crippen molar-refractivity contribution in [2.75, 3.05) is 6.54 Å². The molecule has 8 heteroatoms. The van der Waals surface area contributed by atoms with Gasteiger partial charge in [-0.15, -0.1) is 0 Å². The number of nitrogens with one attached hydrogen (secondary N) is 2. The lowest BCUT2D eigenvalue weighted by molar-refractivity contribution is -0.138. The van der Waals surface area contributed by atoms with Crippen LogP contribution in [-0.2, 0) is 20.7 Å². The Morgan fingerprint density at radius 3 is 2.34 bits per heavy atom. The molecule has 3 N–H and O–H groups in total. The summed E-state index contributed by atoms with van der Waals surface area (Å²) in [5, 5.41) is 15.2. The fourth-order valence-electron chi connectivity index (χ4n) is 3.90. The average Bonchev–Trinajstić information content (AvgIpc) is 2.84. The molecule has 2 unspecified atom stereocenters. The summed E-state index contributed by atoms with van der Waals surface area (Å²) in [4.78, 5) is 41.2. The molecule has 3 amide bonds. The van der Waals surface area contributed by atoms with Crippen LogP contribution in [0, 0.1) is 26.3 Å². The van der Waals surface area contributed by atoms with E-state index in [1.165, 1.54) is 12.1 Å². The maximum absolute atomic E-state index is 14.0. The molecule has 0 aromatic heterocycles. The molecule has 0 heterocycles. The van der Waals surface area contributed by atoms with Crippen LogP contribution in [0.2, 0.25) is 0 Å². The summed E-state index contributed by atoms with van der Waals surface area (Å²) in [6.07, 6.45) is 6.81. The fourth-order valence-corrected chi connectivity index (χ4v) is 3.90. The highest BCUT2D eigenvalue weighted by molar-refractivity contribution is 5.93. The second-order valence-corrected chi connectivity index (χ2v) is 10.2. The number of aromatic hydroxyl groups is 1. The number of phenolic OH excluding ortho intramolecular Hbond substituents is 1. The molecule has 0 aliphatic carbocycles. The Bertz CT molecular complexity index is 1160. The number of nitrogens with zero attached hydrogens (tertiary/aromatic N) is 1. The molecule has 0 saturated heterocycles. The van der Waals surface area contributed by atoms with Crippen molar-refractivity contribution in [3.63, 3.8) is 0 Å². The number of carbonyl (C=O) groups excluding carboxylic acids is 3. The number of benzene rings is 2. The zero-order valence-corrected chi connectivity index (χ0v) is 23.1. The van der Waals surface area contributed by atoms with Gasteiger partial charge in [0.15, 0.2) is 0 Å². The average molecular weight is 522 g/mol. The van der Waals surface area contributed by atoms with Crippen molar-refractivity contribution in [1.82, 2.24) is 15.5 Å². The largest absolute Gasteiger partial charge is 0.508 e. The van der Waals surface area contributed by atoms with Crippen LogP contribution in [-0.4, -0.2) is 46.1 Å². The number of alkyl carbamates (subject to hydrolysis) is 1. The van der Waals surface area contributed by atoms with Crippen molar-refractivity contribution in [2.45, 2.75) is 78.5 Å². The smallest absolute Gasteiger partial charge is 0.408 e. The van der Waals surface area contributed by atoms with Crippen LogP contribution in [0.25, 0.3) is 0 Å². The van der Waals surface area contributed by atoms with Gasteiger partial charge < -0.3 is 20.5 Å². The second kappa shape index (κ2) is 13.5. The number of hydrogen-bond acceptors (Lipinski definition) is 5. The monoisotopic (exact) mass is 521 g/mol. The van der Waals surface area contributed by atoms with Crippen molar-refractivity contribution in [3.05, 3.63) is 64.7 Å². The summed E-state index contributed by atoms with van der Waals surface area (Å²) in [5.74, 6) is -0.970. The lowest BCUT2D eigenvalue weighted by Gasteiger charge is -2.31. The van der Waals surface area contributed by atoms with Gasteiger partial charge in [-0.05, 0) is 75.4 Å². The van der Waals surface area contributed by atoms with Crippen LogP contribution in [0.15, 0.2) is 42.5 Å². The molecule has 2 aromatic carbocycles. The van der Waals surface area contributed by atoms with Gasteiger partial charge in [0.05, 0.1) is 0 Å². The minimum Gasteiger partial charge on any atom is -0.508 e. The predicted molar refractivity (Wildman–Crippen MR) is 147 cm³/mol. The molecule has 0 aliphatic rings. The number of carbonyl (C=O) groups is 3. The minimum atomic E-state index is -1.14. The van der Waals surface area contributed by atoms with Gasteiger partial charge in [-0.3, -0.25) is 14.5 Å². The molecular weight excluding hydrogens is 482 g/mol. The number of ether oxygens (including phenoxy) is 1. The van der Waals surface area contributed by atoms with Crippen molar-refractivity contribution in [2.24, 2.45) is 0 Å². The first kappa shape index (κ1) is 30.2. The van der Waals surface area contributed by atoms with E-state index in [1.807, 2.05) is 32.9 Å². The summed E-state index contributed by atoms with van der Waals surface area (Å²) in [7, 11) is 0. The Balaban J connectivity index is 2.51. The quantitative estimate of drug-likeness (QED) is 0.242. The van der Waals surface area contributed by atoms with Crippen LogP contribution in [0.3, 0.4) is 0 Å². The van der Waals surface area contributed by atoms with Gasteiger partial charge in [0.25, 0.3) is 5.91 Å². The predicted octanol–water partition coefficient (Wildman–Crippen LogP) is 4.52. The highest BCUT2D eigenvalue weighted by Gasteiger charge is 2.36. The van der Waals surface area contributed by atoms with E-state index in [0.29, 0.717) is 17.7 Å². The van der Waals surface area contributed by atoms with E-state index in [4.69, 9.17) is 11.2 Å². The van der Waals surface area contributed by atoms with Gasteiger partial charge in [-0.25, -0.2) is 4.79 Å². The third-order valence-electron chi connectivity index (χ3n) is 6.02. The van der Waals surface area contributed by atoms with E-state index in [0.717, 1.165) is 28.9 Å². The van der Waals surface area contributed by atoms with Gasteiger partial charge in [0.2, 0.25) is 5.91 Å². The second-order valence-electron chi connectivity index (χ2n) is 10.2. The maximum Gasteiger partial charge on any atom is 0.408 e. The van der Waals surface area contributed by atoms with Gasteiger partial charge >= 0.3 is 6.09 Å². The highest BCUT2D eigenvalue weighted by Crippen LogP contribution is 2.27. The van der Waals surface area contributed by atoms with Crippen LogP contribution < -0.4 is 10.6 Å². The lowest BCUT2D eigenvalue weighted by atomic mass is 9.95. The zero-order valence-electron chi connectivity index (χ0n) is 23.1. The normalized spacial score (nSPS) is 12.6.